The van der Waals surface area contributed by atoms with Crippen LogP contribution in [0.25, 0.3) is 0 Å². The molecule has 3 aromatic carbocycles. The van der Waals surface area contributed by atoms with E-state index in [1.165, 1.54) is 47.4 Å². The molecule has 3 N–H and O–H groups in total. The average molecular weight is 617 g/mol. The van der Waals surface area contributed by atoms with E-state index in [0.29, 0.717) is 0 Å². The second-order valence-electron chi connectivity index (χ2n) is 10.3. The molecule has 0 aliphatic carbocycles. The van der Waals surface area contributed by atoms with Crippen LogP contribution >= 0.6 is 0 Å². The highest BCUT2D eigenvalue weighted by Gasteiger charge is 2.40. The van der Waals surface area contributed by atoms with E-state index in [1.54, 1.807) is 12.1 Å². The van der Waals surface area contributed by atoms with Crippen molar-refractivity contribution in [1.29, 1.82) is 5.26 Å². The minimum Gasteiger partial charge on any atom is -0.369 e. The number of ketones is 1. The molecule has 0 fully saturated rings. The van der Waals surface area contributed by atoms with Gasteiger partial charge in [0.2, 0.25) is 11.8 Å². The average Bonchev–Trinajstić information content (AvgIpc) is 3.10. The zero-order chi connectivity index (χ0) is 32.2. The van der Waals surface area contributed by atoms with E-state index in [4.69, 9.17) is 5.73 Å². The molecule has 0 unspecified atom stereocenters. The number of alkyl halides is 5. The number of benzene rings is 3. The van der Waals surface area contributed by atoms with Crippen LogP contribution in [0.3, 0.4) is 0 Å². The van der Waals surface area contributed by atoms with Crippen molar-refractivity contribution in [3.8, 4) is 6.07 Å². The maximum atomic E-state index is 14.5. The number of amides is 2. The number of nitrogens with zero attached hydrogens (tertiary/aromatic N) is 2. The Kier molecular flexibility index (Phi) is 9.62. The lowest BCUT2D eigenvalue weighted by atomic mass is 9.81. The number of rotatable bonds is 9. The molecule has 0 saturated carbocycles. The molecule has 230 valence electrons. The van der Waals surface area contributed by atoms with Gasteiger partial charge < -0.3 is 16.0 Å². The normalized spacial score (nSPS) is 16.5. The van der Waals surface area contributed by atoms with Crippen molar-refractivity contribution in [3.63, 3.8) is 0 Å². The SMILES string of the molecule is N#Cc1cc(F)cc(N2C[C@H](NC(=O)[C@H](CCC(F)(F)F)[C@@H](C(N)=O)c3ccccc3)C(=O)Cc3c(C(F)F)cccc32)c1. The number of anilines is 2. The molecular weight excluding hydrogens is 590 g/mol. The van der Waals surface area contributed by atoms with Gasteiger partial charge in [0.1, 0.15) is 11.9 Å². The Balaban J connectivity index is 1.77. The monoisotopic (exact) mass is 616 g/mol. The van der Waals surface area contributed by atoms with Crippen LogP contribution in [-0.4, -0.2) is 36.4 Å². The van der Waals surface area contributed by atoms with Gasteiger partial charge in [-0.15, -0.1) is 0 Å². The molecule has 1 aliphatic rings. The summed E-state index contributed by atoms with van der Waals surface area (Å²) in [6.07, 6.45) is -10.6. The van der Waals surface area contributed by atoms with Gasteiger partial charge in [0.15, 0.2) is 5.78 Å². The molecule has 0 radical (unpaired) electrons. The molecule has 7 nitrogen and oxygen atoms in total. The number of carbonyl (C=O) groups is 3. The van der Waals surface area contributed by atoms with Crippen molar-refractivity contribution in [3.05, 3.63) is 94.8 Å². The van der Waals surface area contributed by atoms with Crippen LogP contribution in [0.4, 0.5) is 37.7 Å². The highest BCUT2D eigenvalue weighted by Crippen LogP contribution is 2.38. The fourth-order valence-corrected chi connectivity index (χ4v) is 5.39. The van der Waals surface area contributed by atoms with Crippen molar-refractivity contribution in [2.24, 2.45) is 11.7 Å². The second-order valence-corrected chi connectivity index (χ2v) is 10.3. The van der Waals surface area contributed by atoms with Gasteiger partial charge >= 0.3 is 6.18 Å². The zero-order valence-corrected chi connectivity index (χ0v) is 23.0. The molecule has 0 spiro atoms. The number of hydrogen-bond acceptors (Lipinski definition) is 5. The third-order valence-electron chi connectivity index (χ3n) is 7.40. The number of halogens is 6. The summed E-state index contributed by atoms with van der Waals surface area (Å²) in [5.74, 6) is -6.88. The summed E-state index contributed by atoms with van der Waals surface area (Å²) in [7, 11) is 0. The second kappa shape index (κ2) is 13.2. The maximum Gasteiger partial charge on any atom is 0.389 e. The van der Waals surface area contributed by atoms with Crippen LogP contribution in [0.5, 0.6) is 0 Å². The molecular formula is C31H26F6N4O3. The fraction of sp³-hybridized carbons (Fsp3) is 0.290. The lowest BCUT2D eigenvalue weighted by Crippen LogP contribution is -2.50. The summed E-state index contributed by atoms with van der Waals surface area (Å²) in [4.78, 5) is 41.0. The van der Waals surface area contributed by atoms with Gasteiger partial charge in [0, 0.05) is 29.8 Å². The number of primary amides is 1. The number of fused-ring (bicyclic) bond motifs is 1. The number of nitriles is 1. The van der Waals surface area contributed by atoms with Gasteiger partial charge in [-0.05, 0) is 41.8 Å². The van der Waals surface area contributed by atoms with Gasteiger partial charge in [-0.1, -0.05) is 42.5 Å². The smallest absolute Gasteiger partial charge is 0.369 e. The van der Waals surface area contributed by atoms with E-state index in [1.807, 2.05) is 0 Å². The molecule has 0 bridgehead atoms. The molecule has 1 aliphatic heterocycles. The van der Waals surface area contributed by atoms with Crippen LogP contribution in [0, 0.1) is 23.1 Å². The molecule has 1 heterocycles. The number of carbonyl (C=O) groups excluding carboxylic acids is 3. The molecule has 13 heteroatoms. The Labute approximate surface area is 248 Å². The van der Waals surface area contributed by atoms with Crippen LogP contribution in [0.1, 0.15) is 47.4 Å². The van der Waals surface area contributed by atoms with Crippen molar-refractivity contribution >= 4 is 29.0 Å². The third-order valence-corrected chi connectivity index (χ3v) is 7.40. The van der Waals surface area contributed by atoms with Gasteiger partial charge in [-0.2, -0.15) is 18.4 Å². The van der Waals surface area contributed by atoms with Crippen LogP contribution in [-0.2, 0) is 20.8 Å². The predicted molar refractivity (Wildman–Crippen MR) is 147 cm³/mol. The summed E-state index contributed by atoms with van der Waals surface area (Å²) < 4.78 is 82.4. The molecule has 0 aromatic heterocycles. The molecule has 44 heavy (non-hydrogen) atoms. The molecule has 2 amide bonds. The van der Waals surface area contributed by atoms with E-state index in [9.17, 15) is 46.0 Å². The third kappa shape index (κ3) is 7.37. The zero-order valence-electron chi connectivity index (χ0n) is 23.0. The Hall–Kier alpha value is -4.86. The van der Waals surface area contributed by atoms with Gasteiger partial charge in [-0.25, -0.2) is 13.2 Å². The van der Waals surface area contributed by atoms with E-state index in [0.717, 1.165) is 18.2 Å². The highest BCUT2D eigenvalue weighted by atomic mass is 19.4. The lowest BCUT2D eigenvalue weighted by Gasteiger charge is -2.30. The molecule has 0 saturated heterocycles. The molecule has 3 aromatic rings. The Morgan fingerprint density at radius 3 is 2.39 bits per heavy atom. The van der Waals surface area contributed by atoms with Crippen LogP contribution in [0.15, 0.2) is 66.7 Å². The van der Waals surface area contributed by atoms with E-state index < -0.39 is 85.3 Å². The fourth-order valence-electron chi connectivity index (χ4n) is 5.39. The Morgan fingerprint density at radius 1 is 1.07 bits per heavy atom. The molecule has 4 rings (SSSR count). The largest absolute Gasteiger partial charge is 0.389 e. The van der Waals surface area contributed by atoms with E-state index in [2.05, 4.69) is 5.32 Å². The number of nitrogens with one attached hydrogen (secondary N) is 1. The highest BCUT2D eigenvalue weighted by molar-refractivity contribution is 5.96. The maximum absolute atomic E-state index is 14.5. The van der Waals surface area contributed by atoms with E-state index >= 15 is 0 Å². The summed E-state index contributed by atoms with van der Waals surface area (Å²) >= 11 is 0. The van der Waals surface area contributed by atoms with Crippen molar-refractivity contribution in [1.82, 2.24) is 5.32 Å². The molecule has 3 atom stereocenters. The first-order chi connectivity index (χ1) is 20.8. The number of nitrogens with two attached hydrogens (primary N) is 1. The summed E-state index contributed by atoms with van der Waals surface area (Å²) in [6, 6.07) is 14.9. The van der Waals surface area contributed by atoms with Crippen LogP contribution < -0.4 is 16.0 Å². The first-order valence-corrected chi connectivity index (χ1v) is 13.4. The predicted octanol–water partition coefficient (Wildman–Crippen LogP) is 5.61. The lowest BCUT2D eigenvalue weighted by molar-refractivity contribution is -0.144. The minimum absolute atomic E-state index is 0.0103. The van der Waals surface area contributed by atoms with Crippen LogP contribution in [0.2, 0.25) is 0 Å². The first-order valence-electron chi connectivity index (χ1n) is 13.4. The van der Waals surface area contributed by atoms with Gasteiger partial charge in [-0.3, -0.25) is 14.4 Å². The Bertz CT molecular complexity index is 1590. The van der Waals surface area contributed by atoms with Crippen molar-refractivity contribution in [2.45, 2.75) is 43.8 Å². The standard InChI is InChI=1S/C31H26F6N4O3/c32-19-11-17(15-38)12-20(13-19)41-16-24(26(42)14-23-21(28(33)34)7-4-8-25(23)41)40-30(44)22(9-10-31(35,36)37)27(29(39)43)18-5-2-1-3-6-18/h1-8,11-13,22,24,27-28H,9-10,14,16H2,(H2,39,43)(H,40,44)/t22-,24+,27+/m1/s1. The van der Waals surface area contributed by atoms with Gasteiger partial charge in [0.25, 0.3) is 6.43 Å². The van der Waals surface area contributed by atoms with Crippen molar-refractivity contribution < 1.29 is 40.7 Å². The number of Topliss-reactive ketones (excluding diaryl/α,β-unsaturated/α-hetero) is 1. The topological polar surface area (TPSA) is 116 Å². The summed E-state index contributed by atoms with van der Waals surface area (Å²) in [5, 5.41) is 11.8. The Morgan fingerprint density at radius 2 is 1.77 bits per heavy atom. The minimum atomic E-state index is -4.69. The first kappa shape index (κ1) is 32.1. The summed E-state index contributed by atoms with van der Waals surface area (Å²) in [6.45, 7) is -0.447. The number of hydrogen-bond donors (Lipinski definition) is 2. The van der Waals surface area contributed by atoms with E-state index in [-0.39, 0.29) is 28.1 Å². The quantitative estimate of drug-likeness (QED) is 0.303. The summed E-state index contributed by atoms with van der Waals surface area (Å²) in [5.41, 5.74) is 5.17. The van der Waals surface area contributed by atoms with Crippen molar-refractivity contribution in [2.75, 3.05) is 11.4 Å². The van der Waals surface area contributed by atoms with Gasteiger partial charge in [0.05, 0.1) is 30.0 Å².